The van der Waals surface area contributed by atoms with E-state index in [1.165, 1.54) is 46.5 Å². The molecule has 9 heteroatoms. The Kier molecular flexibility index (Phi) is 4.59. The lowest BCUT2D eigenvalue weighted by Crippen LogP contribution is -2.15. The molecular formula is C17H16N2O5S2. The fourth-order valence-electron chi connectivity index (χ4n) is 2.84. The first-order chi connectivity index (χ1) is 12.2. The van der Waals surface area contributed by atoms with E-state index < -0.39 is 16.0 Å². The summed E-state index contributed by atoms with van der Waals surface area (Å²) in [5.74, 6) is -1.27. The molecule has 0 aliphatic heterocycles. The number of thiophene rings is 1. The van der Waals surface area contributed by atoms with E-state index in [1.807, 2.05) is 0 Å². The largest absolute Gasteiger partial charge is 0.481 e. The number of hydrogen-bond donors (Lipinski definition) is 2. The zero-order valence-corrected chi connectivity index (χ0v) is 15.6. The van der Waals surface area contributed by atoms with E-state index >= 15 is 0 Å². The van der Waals surface area contributed by atoms with Crippen LogP contribution in [-0.4, -0.2) is 29.4 Å². The Morgan fingerprint density at radius 1 is 1.19 bits per heavy atom. The third-order valence-electron chi connectivity index (χ3n) is 3.94. The van der Waals surface area contributed by atoms with Crippen LogP contribution in [0.25, 0.3) is 10.2 Å². The first-order valence-electron chi connectivity index (χ1n) is 7.64. The first kappa shape index (κ1) is 18.2. The number of anilines is 1. The maximum Gasteiger partial charge on any atom is 0.307 e. The number of carboxylic acids is 1. The van der Waals surface area contributed by atoms with Crippen LogP contribution in [0.1, 0.15) is 18.2 Å². The minimum absolute atomic E-state index is 0.0573. The number of nitrogens with zero attached hydrogens (tertiary/aromatic N) is 1. The first-order valence-corrected chi connectivity index (χ1v) is 9.96. The Morgan fingerprint density at radius 3 is 2.42 bits per heavy atom. The van der Waals surface area contributed by atoms with Gasteiger partial charge in [0.05, 0.1) is 11.3 Å². The highest BCUT2D eigenvalue weighted by molar-refractivity contribution is 7.90. The van der Waals surface area contributed by atoms with Crippen molar-refractivity contribution in [3.8, 4) is 0 Å². The van der Waals surface area contributed by atoms with E-state index in [1.54, 1.807) is 18.4 Å². The fourth-order valence-corrected chi connectivity index (χ4v) is 5.63. The summed E-state index contributed by atoms with van der Waals surface area (Å²) in [5, 5.41) is 14.1. The summed E-state index contributed by atoms with van der Waals surface area (Å²) < 4.78 is 27.5. The number of rotatable bonds is 5. The number of carbonyl (C=O) groups is 2. The highest BCUT2D eigenvalue weighted by Gasteiger charge is 2.26. The molecule has 0 fully saturated rings. The second-order valence-corrected chi connectivity index (χ2v) is 8.43. The molecule has 2 heterocycles. The molecule has 1 amide bonds. The van der Waals surface area contributed by atoms with Crippen molar-refractivity contribution < 1.29 is 23.1 Å². The second kappa shape index (κ2) is 6.58. The molecule has 2 aromatic heterocycles. The van der Waals surface area contributed by atoms with Gasteiger partial charge in [-0.05, 0) is 48.2 Å². The van der Waals surface area contributed by atoms with Gasteiger partial charge in [-0.2, -0.15) is 0 Å². The van der Waals surface area contributed by atoms with Gasteiger partial charge in [0.1, 0.15) is 4.83 Å². The molecule has 0 saturated heterocycles. The Hall–Kier alpha value is -2.65. The number of hydrogen-bond acceptors (Lipinski definition) is 5. The summed E-state index contributed by atoms with van der Waals surface area (Å²) in [6, 6.07) is 7.58. The molecule has 3 aromatic rings. The zero-order valence-electron chi connectivity index (χ0n) is 14.0. The van der Waals surface area contributed by atoms with E-state index in [-0.39, 0.29) is 17.2 Å². The van der Waals surface area contributed by atoms with Crippen LogP contribution in [0.4, 0.5) is 5.69 Å². The fraction of sp³-hybridized carbons (Fsp3) is 0.176. The summed E-state index contributed by atoms with van der Waals surface area (Å²) in [6.07, 6.45) is -0.247. The molecule has 0 saturated carbocycles. The van der Waals surface area contributed by atoms with Crippen LogP contribution >= 0.6 is 11.3 Å². The maximum absolute atomic E-state index is 13.1. The monoisotopic (exact) mass is 392 g/mol. The molecule has 2 N–H and O–H groups in total. The van der Waals surface area contributed by atoms with Crippen LogP contribution in [-0.2, 0) is 26.0 Å². The van der Waals surface area contributed by atoms with Gasteiger partial charge < -0.3 is 10.4 Å². The van der Waals surface area contributed by atoms with Gasteiger partial charge >= 0.3 is 5.97 Å². The Morgan fingerprint density at radius 2 is 1.85 bits per heavy atom. The molecule has 0 radical (unpaired) electrons. The molecule has 26 heavy (non-hydrogen) atoms. The minimum Gasteiger partial charge on any atom is -0.481 e. The molecule has 0 bridgehead atoms. The summed E-state index contributed by atoms with van der Waals surface area (Å²) in [5.41, 5.74) is 1.38. The van der Waals surface area contributed by atoms with Crippen LogP contribution in [0.5, 0.6) is 0 Å². The normalized spacial score (nSPS) is 11.6. The van der Waals surface area contributed by atoms with Crippen LogP contribution in [0, 0.1) is 6.92 Å². The van der Waals surface area contributed by atoms with Gasteiger partial charge in [0.2, 0.25) is 5.91 Å². The quantitative estimate of drug-likeness (QED) is 0.695. The molecule has 0 unspecified atom stereocenters. The SMILES string of the molecule is CC(=O)Nc1ccc(S(=O)(=O)n2c(C)c(CC(=O)O)c3ccsc32)cc1. The number of carboxylic acid groups (broad SMARTS) is 1. The molecule has 136 valence electrons. The predicted molar refractivity (Wildman–Crippen MR) is 99.2 cm³/mol. The summed E-state index contributed by atoms with van der Waals surface area (Å²) in [4.78, 5) is 22.8. The van der Waals surface area contributed by atoms with Crippen LogP contribution in [0.2, 0.25) is 0 Å². The van der Waals surface area contributed by atoms with Crippen molar-refractivity contribution in [3.05, 3.63) is 47.0 Å². The van der Waals surface area contributed by atoms with Gasteiger partial charge in [-0.25, -0.2) is 12.4 Å². The highest BCUT2D eigenvalue weighted by Crippen LogP contribution is 2.34. The van der Waals surface area contributed by atoms with Crippen molar-refractivity contribution in [2.75, 3.05) is 5.32 Å². The second-order valence-electron chi connectivity index (χ2n) is 5.75. The van der Waals surface area contributed by atoms with E-state index in [2.05, 4.69) is 5.32 Å². The van der Waals surface area contributed by atoms with Gasteiger partial charge in [-0.15, -0.1) is 11.3 Å². The molecule has 0 atom stereocenters. The van der Waals surface area contributed by atoms with Gasteiger partial charge in [0, 0.05) is 23.7 Å². The Balaban J connectivity index is 2.13. The number of nitrogens with one attached hydrogen (secondary N) is 1. The maximum atomic E-state index is 13.1. The lowest BCUT2D eigenvalue weighted by Gasteiger charge is -2.10. The number of aliphatic carboxylic acids is 1. The molecule has 0 aliphatic carbocycles. The predicted octanol–water partition coefficient (Wildman–Crippen LogP) is 2.83. The lowest BCUT2D eigenvalue weighted by atomic mass is 10.1. The van der Waals surface area contributed by atoms with Crippen molar-refractivity contribution >= 4 is 49.1 Å². The van der Waals surface area contributed by atoms with Gasteiger partial charge in [-0.1, -0.05) is 0 Å². The third-order valence-corrected chi connectivity index (χ3v) is 6.76. The molecule has 3 rings (SSSR count). The highest BCUT2D eigenvalue weighted by atomic mass is 32.2. The number of benzene rings is 1. The number of carbonyl (C=O) groups excluding carboxylic acids is 1. The van der Waals surface area contributed by atoms with E-state index in [4.69, 9.17) is 5.11 Å². The van der Waals surface area contributed by atoms with Crippen LogP contribution in [0.3, 0.4) is 0 Å². The van der Waals surface area contributed by atoms with E-state index in [0.717, 1.165) is 0 Å². The Labute approximate surface area is 153 Å². The van der Waals surface area contributed by atoms with Crippen LogP contribution in [0.15, 0.2) is 40.6 Å². The lowest BCUT2D eigenvalue weighted by molar-refractivity contribution is -0.136. The summed E-state index contributed by atoms with van der Waals surface area (Å²) >= 11 is 1.24. The van der Waals surface area contributed by atoms with Gasteiger partial charge in [0.25, 0.3) is 10.0 Å². The van der Waals surface area contributed by atoms with Crippen molar-refractivity contribution in [2.45, 2.75) is 25.2 Å². The molecule has 0 aliphatic rings. The molecule has 0 spiro atoms. The summed E-state index contributed by atoms with van der Waals surface area (Å²) in [7, 11) is -3.90. The van der Waals surface area contributed by atoms with Crippen molar-refractivity contribution in [2.24, 2.45) is 0 Å². The number of aromatic nitrogens is 1. The van der Waals surface area contributed by atoms with Gasteiger partial charge in [0.15, 0.2) is 0 Å². The van der Waals surface area contributed by atoms with Gasteiger partial charge in [-0.3, -0.25) is 9.59 Å². The molecular weight excluding hydrogens is 376 g/mol. The molecule has 1 aromatic carbocycles. The topological polar surface area (TPSA) is 105 Å². The smallest absolute Gasteiger partial charge is 0.307 e. The minimum atomic E-state index is -3.90. The standard InChI is InChI=1S/C17H16N2O5S2/c1-10-15(9-16(21)22)14-7-8-25-17(14)19(10)26(23,24)13-5-3-12(4-6-13)18-11(2)20/h3-8H,9H2,1-2H3,(H,18,20)(H,21,22). The van der Waals surface area contributed by atoms with Crippen molar-refractivity contribution in [3.63, 3.8) is 0 Å². The number of amides is 1. The van der Waals surface area contributed by atoms with E-state index in [9.17, 15) is 18.0 Å². The average molecular weight is 392 g/mol. The Bertz CT molecular complexity index is 1110. The summed E-state index contributed by atoms with van der Waals surface area (Å²) in [6.45, 7) is 2.97. The third kappa shape index (κ3) is 3.11. The van der Waals surface area contributed by atoms with Crippen LogP contribution < -0.4 is 5.32 Å². The van der Waals surface area contributed by atoms with E-state index in [0.29, 0.717) is 27.2 Å². The average Bonchev–Trinajstić information content (AvgIpc) is 3.09. The number of fused-ring (bicyclic) bond motifs is 1. The molecule has 7 nitrogen and oxygen atoms in total. The van der Waals surface area contributed by atoms with Crippen molar-refractivity contribution in [1.82, 2.24) is 3.97 Å². The zero-order chi connectivity index (χ0) is 19.1. The van der Waals surface area contributed by atoms with Crippen molar-refractivity contribution in [1.29, 1.82) is 0 Å².